The van der Waals surface area contributed by atoms with E-state index in [0.717, 1.165) is 52.7 Å². The average molecular weight is 563 g/mol. The van der Waals surface area contributed by atoms with Gasteiger partial charge in [-0.25, -0.2) is 0 Å². The first-order chi connectivity index (χ1) is 15.0. The van der Waals surface area contributed by atoms with Gasteiger partial charge in [0.25, 0.3) is 0 Å². The Labute approximate surface area is 203 Å². The number of halogens is 2. The predicted molar refractivity (Wildman–Crippen MR) is 137 cm³/mol. The quantitative estimate of drug-likeness (QED) is 0.320. The highest BCUT2D eigenvalue weighted by atomic mass is 79.9. The van der Waals surface area contributed by atoms with Crippen LogP contribution in [0.3, 0.4) is 0 Å². The first kappa shape index (κ1) is 21.6. The summed E-state index contributed by atoms with van der Waals surface area (Å²) in [5, 5.41) is 17.7. The molecule has 5 rings (SSSR count). The summed E-state index contributed by atoms with van der Waals surface area (Å²) in [6.45, 7) is 6.81. The second-order valence-electron chi connectivity index (χ2n) is 8.29. The standard InChI is InChI=1S/C24H25Br2N3OS/c1-16(30)24(28-9-7-27(8-10-28)14-17-6-11-31-15-17)29-22-4-2-18(25)12-20(22)21-13-19(26)3-5-23(21)29/h2-6,11-13,15-16,24,30H,7-10,14H2,1H3. The molecular weight excluding hydrogens is 538 g/mol. The first-order valence-electron chi connectivity index (χ1n) is 10.6. The first-order valence-corrected chi connectivity index (χ1v) is 13.1. The zero-order valence-electron chi connectivity index (χ0n) is 17.3. The number of rotatable bonds is 5. The van der Waals surface area contributed by atoms with Gasteiger partial charge in [0.2, 0.25) is 0 Å². The molecule has 2 aromatic heterocycles. The Morgan fingerprint density at radius 3 is 2.06 bits per heavy atom. The number of aromatic nitrogens is 1. The molecule has 2 atom stereocenters. The molecule has 1 N–H and O–H groups in total. The van der Waals surface area contributed by atoms with E-state index in [0.29, 0.717) is 0 Å². The van der Waals surface area contributed by atoms with Crippen LogP contribution in [0.25, 0.3) is 21.8 Å². The number of piperazine rings is 1. The molecule has 7 heteroatoms. The normalized spacial score (nSPS) is 18.1. The summed E-state index contributed by atoms with van der Waals surface area (Å²) < 4.78 is 4.47. The van der Waals surface area contributed by atoms with E-state index in [4.69, 9.17) is 0 Å². The Morgan fingerprint density at radius 2 is 1.55 bits per heavy atom. The minimum Gasteiger partial charge on any atom is -0.390 e. The molecule has 4 nitrogen and oxygen atoms in total. The van der Waals surface area contributed by atoms with Crippen molar-refractivity contribution in [3.63, 3.8) is 0 Å². The third-order valence-electron chi connectivity index (χ3n) is 6.19. The van der Waals surface area contributed by atoms with E-state index in [-0.39, 0.29) is 6.17 Å². The summed E-state index contributed by atoms with van der Waals surface area (Å²) in [7, 11) is 0. The van der Waals surface area contributed by atoms with Crippen molar-refractivity contribution >= 4 is 65.0 Å². The predicted octanol–water partition coefficient (Wildman–Crippen LogP) is 6.08. The third-order valence-corrected chi connectivity index (χ3v) is 7.91. The van der Waals surface area contributed by atoms with E-state index in [1.54, 1.807) is 11.3 Å². The number of aliphatic hydroxyl groups is 1. The van der Waals surface area contributed by atoms with Gasteiger partial charge in [-0.05, 0) is 65.7 Å². The molecule has 0 bridgehead atoms. The number of hydrogen-bond donors (Lipinski definition) is 1. The van der Waals surface area contributed by atoms with E-state index in [2.05, 4.69) is 99.5 Å². The molecule has 31 heavy (non-hydrogen) atoms. The Bertz CT molecular complexity index is 1140. The van der Waals surface area contributed by atoms with Crippen LogP contribution in [-0.4, -0.2) is 51.8 Å². The molecule has 2 aromatic carbocycles. The highest BCUT2D eigenvalue weighted by Crippen LogP contribution is 2.37. The molecular formula is C24H25Br2N3OS. The van der Waals surface area contributed by atoms with Crippen molar-refractivity contribution in [2.24, 2.45) is 0 Å². The van der Waals surface area contributed by atoms with E-state index in [9.17, 15) is 5.11 Å². The Morgan fingerprint density at radius 1 is 0.935 bits per heavy atom. The van der Waals surface area contributed by atoms with Crippen LogP contribution < -0.4 is 0 Å². The van der Waals surface area contributed by atoms with Crippen molar-refractivity contribution in [3.05, 3.63) is 67.7 Å². The molecule has 1 saturated heterocycles. The second kappa shape index (κ2) is 8.96. The van der Waals surface area contributed by atoms with E-state index < -0.39 is 6.10 Å². The molecule has 2 unspecified atom stereocenters. The van der Waals surface area contributed by atoms with Crippen LogP contribution in [0.15, 0.2) is 62.2 Å². The number of fused-ring (bicyclic) bond motifs is 3. The topological polar surface area (TPSA) is 31.6 Å². The van der Waals surface area contributed by atoms with Crippen molar-refractivity contribution in [1.82, 2.24) is 14.4 Å². The molecule has 0 aliphatic carbocycles. The fourth-order valence-electron chi connectivity index (χ4n) is 4.79. The lowest BCUT2D eigenvalue weighted by molar-refractivity contribution is -0.00677. The number of aliphatic hydroxyl groups excluding tert-OH is 1. The SMILES string of the molecule is CC(O)C(N1CCN(Cc2ccsc2)CC1)n1c2ccc(Br)cc2c2cc(Br)ccc21. The molecule has 162 valence electrons. The summed E-state index contributed by atoms with van der Waals surface area (Å²) in [6.07, 6.45) is -0.597. The zero-order chi connectivity index (χ0) is 21.5. The highest BCUT2D eigenvalue weighted by molar-refractivity contribution is 9.10. The Balaban J connectivity index is 1.51. The van der Waals surface area contributed by atoms with Gasteiger partial charge in [-0.2, -0.15) is 11.3 Å². The zero-order valence-corrected chi connectivity index (χ0v) is 21.3. The van der Waals surface area contributed by atoms with Crippen molar-refractivity contribution < 1.29 is 5.11 Å². The van der Waals surface area contributed by atoms with Crippen molar-refractivity contribution in [3.8, 4) is 0 Å². The van der Waals surface area contributed by atoms with Crippen LogP contribution in [0, 0.1) is 0 Å². The average Bonchev–Trinajstić information content (AvgIpc) is 3.36. The van der Waals surface area contributed by atoms with Gasteiger partial charge >= 0.3 is 0 Å². The summed E-state index contributed by atoms with van der Waals surface area (Å²) in [5.74, 6) is 0. The molecule has 0 saturated carbocycles. The van der Waals surface area contributed by atoms with E-state index >= 15 is 0 Å². The summed E-state index contributed by atoms with van der Waals surface area (Å²) in [6, 6.07) is 15.1. The minimum atomic E-state index is -0.491. The van der Waals surface area contributed by atoms with Gasteiger partial charge in [0, 0.05) is 52.4 Å². The number of hydrogen-bond acceptors (Lipinski definition) is 4. The van der Waals surface area contributed by atoms with Gasteiger partial charge in [-0.3, -0.25) is 9.80 Å². The van der Waals surface area contributed by atoms with Gasteiger partial charge < -0.3 is 9.67 Å². The summed E-state index contributed by atoms with van der Waals surface area (Å²) >= 11 is 9.03. The summed E-state index contributed by atoms with van der Waals surface area (Å²) in [4.78, 5) is 4.95. The van der Waals surface area contributed by atoms with Crippen LogP contribution in [0.5, 0.6) is 0 Å². The maximum Gasteiger partial charge on any atom is 0.113 e. The molecule has 0 radical (unpaired) electrons. The molecule has 4 aromatic rings. The largest absolute Gasteiger partial charge is 0.390 e. The maximum absolute atomic E-state index is 10.9. The molecule has 0 spiro atoms. The molecule has 0 amide bonds. The summed E-state index contributed by atoms with van der Waals surface area (Å²) in [5.41, 5.74) is 3.70. The molecule has 1 fully saturated rings. The lowest BCUT2D eigenvalue weighted by Crippen LogP contribution is -2.50. The molecule has 3 heterocycles. The third kappa shape index (κ3) is 4.24. The van der Waals surface area contributed by atoms with Crippen LogP contribution in [-0.2, 0) is 6.54 Å². The molecule has 1 aliphatic rings. The maximum atomic E-state index is 10.9. The minimum absolute atomic E-state index is 0.106. The second-order valence-corrected chi connectivity index (χ2v) is 10.9. The monoisotopic (exact) mass is 561 g/mol. The van der Waals surface area contributed by atoms with Gasteiger partial charge in [-0.15, -0.1) is 0 Å². The fraction of sp³-hybridized carbons (Fsp3) is 0.333. The number of nitrogens with zero attached hydrogens (tertiary/aromatic N) is 3. The van der Waals surface area contributed by atoms with Gasteiger partial charge in [0.15, 0.2) is 0 Å². The smallest absolute Gasteiger partial charge is 0.113 e. The van der Waals surface area contributed by atoms with Crippen LogP contribution >= 0.6 is 43.2 Å². The fourth-order valence-corrected chi connectivity index (χ4v) is 6.18. The van der Waals surface area contributed by atoms with Gasteiger partial charge in [0.05, 0.1) is 17.1 Å². The van der Waals surface area contributed by atoms with Gasteiger partial charge in [-0.1, -0.05) is 31.9 Å². The van der Waals surface area contributed by atoms with Crippen molar-refractivity contribution in [2.45, 2.75) is 25.7 Å². The van der Waals surface area contributed by atoms with Crippen molar-refractivity contribution in [1.29, 1.82) is 0 Å². The Kier molecular flexibility index (Phi) is 6.25. The van der Waals surface area contributed by atoms with E-state index in [1.165, 1.54) is 16.3 Å². The van der Waals surface area contributed by atoms with Crippen molar-refractivity contribution in [2.75, 3.05) is 26.2 Å². The number of thiophene rings is 1. The van der Waals surface area contributed by atoms with E-state index in [1.807, 2.05) is 6.92 Å². The number of benzene rings is 2. The van der Waals surface area contributed by atoms with Crippen LogP contribution in [0.2, 0.25) is 0 Å². The van der Waals surface area contributed by atoms with Crippen LogP contribution in [0.1, 0.15) is 18.7 Å². The van der Waals surface area contributed by atoms with Gasteiger partial charge in [0.1, 0.15) is 6.17 Å². The lowest BCUT2D eigenvalue weighted by atomic mass is 10.2. The molecule has 1 aliphatic heterocycles. The van der Waals surface area contributed by atoms with Crippen LogP contribution in [0.4, 0.5) is 0 Å². The lowest BCUT2D eigenvalue weighted by Gasteiger charge is -2.41. The highest BCUT2D eigenvalue weighted by Gasteiger charge is 2.31. The Hall–Kier alpha value is -1.22.